The first-order valence-corrected chi connectivity index (χ1v) is 6.04. The summed E-state index contributed by atoms with van der Waals surface area (Å²) in [5.41, 5.74) is 2.09. The second-order valence-electron chi connectivity index (χ2n) is 4.04. The number of hydrogen-bond acceptors (Lipinski definition) is 3. The van der Waals surface area contributed by atoms with Gasteiger partial charge in [0.05, 0.1) is 11.1 Å². The smallest absolute Gasteiger partial charge is 0.335 e. The van der Waals surface area contributed by atoms with Crippen LogP contribution in [-0.2, 0) is 0 Å². The van der Waals surface area contributed by atoms with Gasteiger partial charge in [0.2, 0.25) is 0 Å². The van der Waals surface area contributed by atoms with Crippen molar-refractivity contribution in [1.29, 1.82) is 0 Å². The molecule has 1 aromatic carbocycles. The van der Waals surface area contributed by atoms with Crippen molar-refractivity contribution in [2.45, 2.75) is 13.8 Å². The molecule has 0 spiro atoms. The van der Waals surface area contributed by atoms with Crippen LogP contribution >= 0.6 is 0 Å². The highest BCUT2D eigenvalue weighted by atomic mass is 16.4. The molecule has 0 bridgehead atoms. The zero-order valence-corrected chi connectivity index (χ0v) is 10.6. The summed E-state index contributed by atoms with van der Waals surface area (Å²) < 4.78 is 0. The molecule has 0 saturated carbocycles. The molecule has 1 N–H and O–H groups in total. The van der Waals surface area contributed by atoms with Crippen LogP contribution in [0.2, 0.25) is 0 Å². The average Bonchev–Trinajstić information content (AvgIpc) is 2.39. The summed E-state index contributed by atoms with van der Waals surface area (Å²) in [7, 11) is 0. The Morgan fingerprint density at radius 1 is 1.28 bits per heavy atom. The van der Waals surface area contributed by atoms with Crippen LogP contribution in [0.5, 0.6) is 0 Å². The van der Waals surface area contributed by atoms with Gasteiger partial charge in [0.1, 0.15) is 0 Å². The fraction of sp³-hybridized carbons (Fsp3) is 0.286. The number of fused-ring (bicyclic) bond motifs is 1. The lowest BCUT2D eigenvalue weighted by molar-refractivity contribution is 0.0697. The van der Waals surface area contributed by atoms with E-state index in [2.05, 4.69) is 23.7 Å². The summed E-state index contributed by atoms with van der Waals surface area (Å²) in [5, 5.41) is 9.97. The third kappa shape index (κ3) is 2.14. The molecule has 2 aromatic rings. The topological polar surface area (TPSA) is 53.4 Å². The number of nitrogens with zero attached hydrogens (tertiary/aromatic N) is 2. The molecule has 1 heterocycles. The van der Waals surface area contributed by atoms with E-state index in [0.717, 1.165) is 29.7 Å². The Bertz CT molecular complexity index is 577. The summed E-state index contributed by atoms with van der Waals surface area (Å²) in [6.45, 7) is 6.02. The van der Waals surface area contributed by atoms with E-state index in [1.54, 1.807) is 18.3 Å². The minimum absolute atomic E-state index is 0.270. The van der Waals surface area contributed by atoms with Gasteiger partial charge >= 0.3 is 5.97 Å². The van der Waals surface area contributed by atoms with Crippen LogP contribution in [0.15, 0.2) is 30.5 Å². The molecular weight excluding hydrogens is 228 g/mol. The number of carbonyl (C=O) groups is 1. The average molecular weight is 244 g/mol. The molecule has 0 aliphatic rings. The molecule has 0 saturated heterocycles. The van der Waals surface area contributed by atoms with E-state index in [0.29, 0.717) is 0 Å². The van der Waals surface area contributed by atoms with Crippen LogP contribution in [0.4, 0.5) is 5.69 Å². The third-order valence-corrected chi connectivity index (χ3v) is 3.07. The molecule has 0 aliphatic heterocycles. The van der Waals surface area contributed by atoms with Crippen LogP contribution in [0, 0.1) is 0 Å². The van der Waals surface area contributed by atoms with Crippen molar-refractivity contribution >= 4 is 22.6 Å². The lowest BCUT2D eigenvalue weighted by atomic mass is 10.1. The molecule has 0 amide bonds. The molecule has 0 unspecified atom stereocenters. The van der Waals surface area contributed by atoms with Crippen molar-refractivity contribution in [2.24, 2.45) is 0 Å². The van der Waals surface area contributed by atoms with E-state index >= 15 is 0 Å². The predicted molar refractivity (Wildman–Crippen MR) is 72.3 cm³/mol. The standard InChI is InChI=1S/C14H16N2O2/c1-3-16(4-2)13-7-8-15-12-9-10(14(17)18)5-6-11(12)13/h5-9H,3-4H2,1-2H3,(H,17,18). The first-order chi connectivity index (χ1) is 8.67. The second kappa shape index (κ2) is 5.04. The van der Waals surface area contributed by atoms with E-state index < -0.39 is 5.97 Å². The van der Waals surface area contributed by atoms with Gasteiger partial charge in [-0.1, -0.05) is 0 Å². The van der Waals surface area contributed by atoms with Crippen molar-refractivity contribution in [1.82, 2.24) is 4.98 Å². The zero-order valence-electron chi connectivity index (χ0n) is 10.6. The Morgan fingerprint density at radius 3 is 2.61 bits per heavy atom. The van der Waals surface area contributed by atoms with Gasteiger partial charge in [0, 0.05) is 30.4 Å². The quantitative estimate of drug-likeness (QED) is 0.898. The van der Waals surface area contributed by atoms with Crippen LogP contribution in [-0.4, -0.2) is 29.1 Å². The van der Waals surface area contributed by atoms with Crippen molar-refractivity contribution in [3.8, 4) is 0 Å². The fourth-order valence-electron chi connectivity index (χ4n) is 2.11. The van der Waals surface area contributed by atoms with E-state index in [-0.39, 0.29) is 5.56 Å². The van der Waals surface area contributed by atoms with Gasteiger partial charge in [-0.15, -0.1) is 0 Å². The summed E-state index contributed by atoms with van der Waals surface area (Å²) in [4.78, 5) is 17.4. The van der Waals surface area contributed by atoms with Crippen molar-refractivity contribution in [3.05, 3.63) is 36.0 Å². The first kappa shape index (κ1) is 12.4. The first-order valence-electron chi connectivity index (χ1n) is 6.04. The van der Waals surface area contributed by atoms with E-state index in [1.807, 2.05) is 12.1 Å². The predicted octanol–water partition coefficient (Wildman–Crippen LogP) is 2.78. The molecule has 1 aromatic heterocycles. The van der Waals surface area contributed by atoms with E-state index in [9.17, 15) is 4.79 Å². The number of aromatic nitrogens is 1. The second-order valence-corrected chi connectivity index (χ2v) is 4.04. The van der Waals surface area contributed by atoms with Gasteiger partial charge in [-0.05, 0) is 38.1 Å². The number of carboxylic acids is 1. The zero-order chi connectivity index (χ0) is 13.1. The summed E-state index contributed by atoms with van der Waals surface area (Å²) in [6, 6.07) is 7.04. The molecule has 18 heavy (non-hydrogen) atoms. The number of anilines is 1. The maximum atomic E-state index is 10.9. The number of pyridine rings is 1. The van der Waals surface area contributed by atoms with Crippen LogP contribution < -0.4 is 4.90 Å². The Kier molecular flexibility index (Phi) is 3.46. The summed E-state index contributed by atoms with van der Waals surface area (Å²) in [6.07, 6.45) is 1.72. The van der Waals surface area contributed by atoms with Crippen LogP contribution in [0.3, 0.4) is 0 Å². The molecule has 4 nitrogen and oxygen atoms in total. The third-order valence-electron chi connectivity index (χ3n) is 3.07. The van der Waals surface area contributed by atoms with E-state index in [1.165, 1.54) is 0 Å². The minimum atomic E-state index is -0.924. The van der Waals surface area contributed by atoms with Crippen molar-refractivity contribution < 1.29 is 9.90 Å². The lowest BCUT2D eigenvalue weighted by Crippen LogP contribution is -2.22. The molecule has 0 aliphatic carbocycles. The molecule has 0 atom stereocenters. The minimum Gasteiger partial charge on any atom is -0.478 e. The van der Waals surface area contributed by atoms with Crippen LogP contribution in [0.25, 0.3) is 10.9 Å². The van der Waals surface area contributed by atoms with Gasteiger partial charge in [0.25, 0.3) is 0 Å². The van der Waals surface area contributed by atoms with E-state index in [4.69, 9.17) is 5.11 Å². The monoisotopic (exact) mass is 244 g/mol. The summed E-state index contributed by atoms with van der Waals surface area (Å²) in [5.74, 6) is -0.924. The van der Waals surface area contributed by atoms with Gasteiger partial charge in [0.15, 0.2) is 0 Å². The molecule has 94 valence electrons. The number of aromatic carboxylic acids is 1. The van der Waals surface area contributed by atoms with Gasteiger partial charge < -0.3 is 10.0 Å². The normalized spacial score (nSPS) is 10.6. The van der Waals surface area contributed by atoms with Gasteiger partial charge in [-0.2, -0.15) is 0 Å². The SMILES string of the molecule is CCN(CC)c1ccnc2cc(C(=O)O)ccc12. The highest BCUT2D eigenvalue weighted by Crippen LogP contribution is 2.25. The summed E-state index contributed by atoms with van der Waals surface area (Å²) >= 11 is 0. The molecular formula is C14H16N2O2. The number of rotatable bonds is 4. The Hall–Kier alpha value is -2.10. The fourth-order valence-corrected chi connectivity index (χ4v) is 2.11. The molecule has 2 rings (SSSR count). The number of carboxylic acid groups (broad SMARTS) is 1. The largest absolute Gasteiger partial charge is 0.478 e. The molecule has 4 heteroatoms. The van der Waals surface area contributed by atoms with Crippen molar-refractivity contribution in [2.75, 3.05) is 18.0 Å². The van der Waals surface area contributed by atoms with Gasteiger partial charge in [-0.3, -0.25) is 4.98 Å². The molecule has 0 fully saturated rings. The maximum absolute atomic E-state index is 10.9. The molecule has 0 radical (unpaired) electrons. The highest BCUT2D eigenvalue weighted by molar-refractivity contribution is 5.97. The Morgan fingerprint density at radius 2 is 2.00 bits per heavy atom. The van der Waals surface area contributed by atoms with Crippen LogP contribution in [0.1, 0.15) is 24.2 Å². The number of benzene rings is 1. The van der Waals surface area contributed by atoms with Crippen molar-refractivity contribution in [3.63, 3.8) is 0 Å². The van der Waals surface area contributed by atoms with Gasteiger partial charge in [-0.25, -0.2) is 4.79 Å². The highest BCUT2D eigenvalue weighted by Gasteiger charge is 2.10. The number of hydrogen-bond donors (Lipinski definition) is 1. The lowest BCUT2D eigenvalue weighted by Gasteiger charge is -2.22. The Balaban J connectivity index is 2.60. The Labute approximate surface area is 106 Å². The maximum Gasteiger partial charge on any atom is 0.335 e.